The highest BCUT2D eigenvalue weighted by Gasteiger charge is 2.59. The van der Waals surface area contributed by atoms with Crippen LogP contribution in [0.25, 0.3) is 0 Å². The Hall–Kier alpha value is -1.20. The van der Waals surface area contributed by atoms with Crippen molar-refractivity contribution in [1.29, 1.82) is 0 Å². The minimum atomic E-state index is -1.67. The zero-order chi connectivity index (χ0) is 29.2. The molecule has 2 aliphatic heterocycles. The molecule has 2 saturated carbocycles. The Morgan fingerprint density at radius 2 is 1.59 bits per heavy atom. The molecule has 2 heterocycles. The minimum Gasteiger partial charge on any atom is -0.390 e. The van der Waals surface area contributed by atoms with Crippen molar-refractivity contribution < 1.29 is 34.6 Å². The molecule has 2 bridgehead atoms. The SMILES string of the molecule is C=C1C(OC2CC3(C(C)C)CCC2(C)OO3)CC(O)(C(C)C)CC1OC1CC(C(C)(C)O)C=C(N=O)C1(C)O. The van der Waals surface area contributed by atoms with Gasteiger partial charge in [0, 0.05) is 25.2 Å². The van der Waals surface area contributed by atoms with Gasteiger partial charge in [-0.2, -0.15) is 0 Å². The topological polar surface area (TPSA) is 127 Å². The summed E-state index contributed by atoms with van der Waals surface area (Å²) in [7, 11) is 0. The molecule has 0 aromatic rings. The van der Waals surface area contributed by atoms with Crippen LogP contribution in [0.3, 0.4) is 0 Å². The van der Waals surface area contributed by atoms with Crippen LogP contribution in [0, 0.1) is 22.7 Å². The summed E-state index contributed by atoms with van der Waals surface area (Å²) in [4.78, 5) is 23.5. The second-order valence-electron chi connectivity index (χ2n) is 14.2. The van der Waals surface area contributed by atoms with Gasteiger partial charge in [-0.15, -0.1) is 4.91 Å². The van der Waals surface area contributed by atoms with Crippen LogP contribution in [-0.2, 0) is 19.2 Å². The Kier molecular flexibility index (Phi) is 8.09. The van der Waals surface area contributed by atoms with Gasteiger partial charge in [0.2, 0.25) is 0 Å². The summed E-state index contributed by atoms with van der Waals surface area (Å²) in [6.07, 6.45) is 2.55. The van der Waals surface area contributed by atoms with Crippen LogP contribution in [0.2, 0.25) is 0 Å². The summed E-state index contributed by atoms with van der Waals surface area (Å²) in [5.74, 6) is -0.297. The molecule has 3 N–H and O–H groups in total. The van der Waals surface area contributed by atoms with E-state index in [2.05, 4.69) is 25.6 Å². The Balaban J connectivity index is 1.60. The van der Waals surface area contributed by atoms with E-state index in [9.17, 15) is 20.2 Å². The van der Waals surface area contributed by atoms with Crippen molar-refractivity contribution in [3.05, 3.63) is 28.8 Å². The van der Waals surface area contributed by atoms with Crippen molar-refractivity contribution in [2.45, 2.75) is 146 Å². The third-order valence-corrected chi connectivity index (χ3v) is 10.3. The lowest BCUT2D eigenvalue weighted by atomic mass is 9.68. The van der Waals surface area contributed by atoms with Crippen molar-refractivity contribution in [3.63, 3.8) is 0 Å². The summed E-state index contributed by atoms with van der Waals surface area (Å²) >= 11 is 0. The highest BCUT2D eigenvalue weighted by molar-refractivity contribution is 5.25. The van der Waals surface area contributed by atoms with Crippen LogP contribution in [0.15, 0.2) is 29.1 Å². The second-order valence-corrected chi connectivity index (χ2v) is 14.2. The molecule has 9 atom stereocenters. The average Bonchev–Trinajstić information content (AvgIpc) is 2.83. The van der Waals surface area contributed by atoms with E-state index >= 15 is 0 Å². The van der Waals surface area contributed by atoms with Gasteiger partial charge in [-0.3, -0.25) is 0 Å². The van der Waals surface area contributed by atoms with E-state index in [0.29, 0.717) is 18.4 Å². The van der Waals surface area contributed by atoms with Crippen LogP contribution in [0.4, 0.5) is 0 Å². The van der Waals surface area contributed by atoms with Crippen LogP contribution >= 0.6 is 0 Å². The molecule has 0 aromatic heterocycles. The number of ether oxygens (including phenoxy) is 2. The molecular weight excluding hydrogens is 502 g/mol. The van der Waals surface area contributed by atoms with Crippen LogP contribution < -0.4 is 0 Å². The van der Waals surface area contributed by atoms with Crippen LogP contribution in [0.1, 0.15) is 93.9 Å². The largest absolute Gasteiger partial charge is 0.390 e. The molecule has 0 amide bonds. The molecule has 0 aromatic carbocycles. The number of nitroso groups, excluding NO2 is 1. The maximum absolute atomic E-state index is 11.8. The molecule has 2 saturated heterocycles. The van der Waals surface area contributed by atoms with Gasteiger partial charge in [-0.05, 0) is 69.5 Å². The number of hydrogen-bond acceptors (Lipinski definition) is 9. The number of nitrogens with zero attached hydrogens (tertiary/aromatic N) is 1. The van der Waals surface area contributed by atoms with E-state index in [4.69, 9.17) is 19.2 Å². The zero-order valence-electron chi connectivity index (χ0n) is 24.9. The number of aliphatic hydroxyl groups is 3. The summed E-state index contributed by atoms with van der Waals surface area (Å²) in [5.41, 5.74) is -4.33. The Morgan fingerprint density at radius 1 is 1.00 bits per heavy atom. The van der Waals surface area contributed by atoms with E-state index in [1.54, 1.807) is 13.8 Å². The third-order valence-electron chi connectivity index (χ3n) is 10.3. The van der Waals surface area contributed by atoms with E-state index in [0.717, 1.165) is 12.8 Å². The number of rotatable bonds is 8. The van der Waals surface area contributed by atoms with Gasteiger partial charge in [0.25, 0.3) is 0 Å². The first-order chi connectivity index (χ1) is 17.9. The quantitative estimate of drug-likeness (QED) is 0.225. The van der Waals surface area contributed by atoms with E-state index in [1.165, 1.54) is 13.0 Å². The fraction of sp³-hybridized carbons (Fsp3) is 0.867. The second kappa shape index (κ2) is 10.3. The van der Waals surface area contributed by atoms with Gasteiger partial charge < -0.3 is 24.8 Å². The van der Waals surface area contributed by atoms with Crippen molar-refractivity contribution in [1.82, 2.24) is 0 Å². The van der Waals surface area contributed by atoms with E-state index < -0.39 is 52.2 Å². The van der Waals surface area contributed by atoms with Crippen LogP contribution in [-0.4, -0.2) is 67.7 Å². The van der Waals surface area contributed by atoms with Gasteiger partial charge in [-0.1, -0.05) is 40.3 Å². The Labute approximate surface area is 232 Å². The molecule has 39 heavy (non-hydrogen) atoms. The molecule has 9 nitrogen and oxygen atoms in total. The molecule has 0 radical (unpaired) electrons. The van der Waals surface area contributed by atoms with E-state index in [-0.39, 0.29) is 36.5 Å². The summed E-state index contributed by atoms with van der Waals surface area (Å²) in [6, 6.07) is 0. The third kappa shape index (κ3) is 5.53. The standard InChI is InChI=1S/C30H49NO8/c1-17(2)29(34)14-21(36-24-13-20(26(6,7)32)12-23(31-35)28(24,9)33)19(5)22(15-29)37-25-16-30(18(3)4)11-10-27(25,8)38-39-30/h12,17-18,20-22,24-25,32-34H,5,10-11,13-16H2,1-4,6-9H3. The monoisotopic (exact) mass is 551 g/mol. The molecule has 5 rings (SSSR count). The molecule has 4 fully saturated rings. The molecular formula is C30H49NO8. The lowest BCUT2D eigenvalue weighted by molar-refractivity contribution is -0.492. The lowest BCUT2D eigenvalue weighted by Gasteiger charge is -2.57. The van der Waals surface area contributed by atoms with Gasteiger partial charge >= 0.3 is 0 Å². The molecule has 0 spiro atoms. The molecule has 9 unspecified atom stereocenters. The van der Waals surface area contributed by atoms with Crippen LogP contribution in [0.5, 0.6) is 0 Å². The predicted molar refractivity (Wildman–Crippen MR) is 146 cm³/mol. The Bertz CT molecular complexity index is 974. The summed E-state index contributed by atoms with van der Waals surface area (Å²) < 4.78 is 13.3. The molecule has 9 heteroatoms. The molecule has 5 aliphatic rings. The van der Waals surface area contributed by atoms with Crippen molar-refractivity contribution in [3.8, 4) is 0 Å². The van der Waals surface area contributed by atoms with Gasteiger partial charge in [0.1, 0.15) is 22.5 Å². The number of hydrogen-bond donors (Lipinski definition) is 3. The predicted octanol–water partition coefficient (Wildman–Crippen LogP) is 4.72. The number of fused-ring (bicyclic) bond motifs is 3. The van der Waals surface area contributed by atoms with Gasteiger partial charge in [0.15, 0.2) is 0 Å². The first-order valence-electron chi connectivity index (χ1n) is 14.5. The lowest BCUT2D eigenvalue weighted by Crippen LogP contribution is -2.64. The van der Waals surface area contributed by atoms with Crippen molar-refractivity contribution >= 4 is 0 Å². The fourth-order valence-corrected chi connectivity index (χ4v) is 6.60. The van der Waals surface area contributed by atoms with Crippen molar-refractivity contribution in [2.24, 2.45) is 22.9 Å². The molecule has 3 aliphatic carbocycles. The fourth-order valence-electron chi connectivity index (χ4n) is 6.60. The highest BCUT2D eigenvalue weighted by Crippen LogP contribution is 2.52. The zero-order valence-corrected chi connectivity index (χ0v) is 24.9. The first kappa shape index (κ1) is 30.8. The maximum Gasteiger partial charge on any atom is 0.133 e. The smallest absolute Gasteiger partial charge is 0.133 e. The maximum atomic E-state index is 11.8. The highest BCUT2D eigenvalue weighted by atomic mass is 17.2. The van der Waals surface area contributed by atoms with Gasteiger partial charge in [-0.25, -0.2) is 9.78 Å². The summed E-state index contributed by atoms with van der Waals surface area (Å²) in [6.45, 7) is 19.4. The van der Waals surface area contributed by atoms with E-state index in [1.807, 2.05) is 20.8 Å². The van der Waals surface area contributed by atoms with Crippen molar-refractivity contribution in [2.75, 3.05) is 0 Å². The first-order valence-corrected chi connectivity index (χ1v) is 14.5. The minimum absolute atomic E-state index is 0.0681. The van der Waals surface area contributed by atoms with Gasteiger partial charge in [0.05, 0.1) is 35.6 Å². The molecule has 222 valence electrons. The Morgan fingerprint density at radius 3 is 2.05 bits per heavy atom. The normalized spacial score (nSPS) is 45.1. The average molecular weight is 552 g/mol. The summed E-state index contributed by atoms with van der Waals surface area (Å²) in [5, 5.41) is 36.9.